The number of methoxy groups -OCH3 is 1. The number of hydrogen-bond donors (Lipinski definition) is 0. The summed E-state index contributed by atoms with van der Waals surface area (Å²) in [6.07, 6.45) is 8.29. The Hall–Kier alpha value is -1.84. The van der Waals surface area contributed by atoms with Crippen molar-refractivity contribution in [2.75, 3.05) is 13.7 Å². The normalized spacial score (nSPS) is 23.2. The Balaban J connectivity index is 1.50. The molecule has 1 heterocycles. The van der Waals surface area contributed by atoms with Gasteiger partial charge in [-0.05, 0) is 62.1 Å². The lowest BCUT2D eigenvalue weighted by Crippen LogP contribution is -2.41. The van der Waals surface area contributed by atoms with Crippen molar-refractivity contribution in [1.29, 1.82) is 0 Å². The summed E-state index contributed by atoms with van der Waals surface area (Å²) in [5, 5.41) is 0. The van der Waals surface area contributed by atoms with Crippen molar-refractivity contribution in [3.05, 3.63) is 29.8 Å². The smallest absolute Gasteiger partial charge is 0.306 e. The van der Waals surface area contributed by atoms with Crippen LogP contribution in [0.5, 0.6) is 5.75 Å². The summed E-state index contributed by atoms with van der Waals surface area (Å²) in [5.41, 5.74) is 0.295. The lowest BCUT2D eigenvalue weighted by molar-refractivity contribution is -0.156. The molecule has 2 unspecified atom stereocenters. The lowest BCUT2D eigenvalue weighted by Gasteiger charge is -2.37. The van der Waals surface area contributed by atoms with Gasteiger partial charge in [-0.25, -0.2) is 8.78 Å². The van der Waals surface area contributed by atoms with Crippen molar-refractivity contribution < 1.29 is 37.3 Å². The largest absolute Gasteiger partial charge is 0.497 e. The molecule has 3 rings (SSSR count). The summed E-state index contributed by atoms with van der Waals surface area (Å²) in [7, 11) is -0.552. The summed E-state index contributed by atoms with van der Waals surface area (Å²) < 4.78 is 53.5. The van der Waals surface area contributed by atoms with Crippen LogP contribution in [0.3, 0.4) is 0 Å². The van der Waals surface area contributed by atoms with E-state index in [9.17, 15) is 9.59 Å². The number of ketones is 1. The first-order chi connectivity index (χ1) is 20.9. The van der Waals surface area contributed by atoms with Crippen LogP contribution >= 0.6 is 0 Å². The van der Waals surface area contributed by atoms with Crippen molar-refractivity contribution in [2.24, 2.45) is 11.8 Å². The van der Waals surface area contributed by atoms with Crippen LogP contribution in [0.1, 0.15) is 102 Å². The van der Waals surface area contributed by atoms with Crippen LogP contribution in [-0.2, 0) is 30.4 Å². The summed E-state index contributed by atoms with van der Waals surface area (Å²) >= 11 is 0. The van der Waals surface area contributed by atoms with E-state index in [0.717, 1.165) is 62.7 Å². The van der Waals surface area contributed by atoms with E-state index in [-0.39, 0.29) is 49.0 Å². The highest BCUT2D eigenvalue weighted by Crippen LogP contribution is 2.47. The van der Waals surface area contributed by atoms with Crippen LogP contribution in [0.15, 0.2) is 24.3 Å². The molecule has 0 bridgehead atoms. The molecule has 0 radical (unpaired) electrons. The van der Waals surface area contributed by atoms with Gasteiger partial charge in [0.15, 0.2) is 6.29 Å². The van der Waals surface area contributed by atoms with Crippen LogP contribution < -0.4 is 4.74 Å². The van der Waals surface area contributed by atoms with E-state index < -0.39 is 19.5 Å². The third-order valence-corrected chi connectivity index (χ3v) is 12.2. The Morgan fingerprint density at radius 2 is 1.80 bits per heavy atom. The molecule has 1 saturated heterocycles. The van der Waals surface area contributed by atoms with Crippen molar-refractivity contribution in [1.82, 2.24) is 0 Å². The highest BCUT2D eigenvalue weighted by atomic mass is 28.3. The molecule has 1 aromatic carbocycles. The second kappa shape index (κ2) is 17.7. The zero-order valence-corrected chi connectivity index (χ0v) is 28.7. The molecule has 250 valence electrons. The molecule has 2 aliphatic rings. The molecule has 0 N–H and O–H groups in total. The van der Waals surface area contributed by atoms with Crippen LogP contribution in [-0.4, -0.2) is 51.9 Å². The summed E-state index contributed by atoms with van der Waals surface area (Å²) in [4.78, 5) is 25.5. The van der Waals surface area contributed by atoms with Crippen molar-refractivity contribution >= 4 is 19.8 Å². The monoisotopic (exact) mass is 638 g/mol. The van der Waals surface area contributed by atoms with Gasteiger partial charge in [0.1, 0.15) is 18.1 Å². The number of benzene rings is 1. The number of alkyl halides is 2. The van der Waals surface area contributed by atoms with Crippen molar-refractivity contribution in [2.45, 2.75) is 147 Å². The fraction of sp³-hybridized carbons (Fsp3) is 0.771. The van der Waals surface area contributed by atoms with Gasteiger partial charge in [0.05, 0.1) is 21.3 Å². The molecule has 0 amide bonds. The van der Waals surface area contributed by atoms with E-state index >= 15 is 8.78 Å². The van der Waals surface area contributed by atoms with E-state index in [1.165, 1.54) is 0 Å². The molecule has 0 spiro atoms. The molecule has 5 atom stereocenters. The van der Waals surface area contributed by atoms with Gasteiger partial charge in [-0.1, -0.05) is 64.4 Å². The summed E-state index contributed by atoms with van der Waals surface area (Å²) in [6, 6.07) is 7.44. The van der Waals surface area contributed by atoms with Gasteiger partial charge in [-0.15, -0.1) is 0 Å². The summed E-state index contributed by atoms with van der Waals surface area (Å²) in [5.74, 6) is -2.16. The van der Waals surface area contributed by atoms with E-state index in [4.69, 9.17) is 18.9 Å². The molecule has 9 heteroatoms. The zero-order valence-electron chi connectivity index (χ0n) is 27.7. The lowest BCUT2D eigenvalue weighted by atomic mass is 9.84. The van der Waals surface area contributed by atoms with Crippen molar-refractivity contribution in [3.63, 3.8) is 0 Å². The molecule has 44 heavy (non-hydrogen) atoms. The second-order valence-electron chi connectivity index (χ2n) is 13.9. The Bertz CT molecular complexity index is 1010. The topological polar surface area (TPSA) is 71.1 Å². The van der Waals surface area contributed by atoms with Gasteiger partial charge < -0.3 is 18.9 Å². The molecule has 1 aromatic rings. The summed E-state index contributed by atoms with van der Waals surface area (Å²) in [6.45, 7) is 9.00. The number of rotatable bonds is 20. The Labute approximate surface area is 264 Å². The molecule has 0 aromatic heterocycles. The zero-order chi connectivity index (χ0) is 32.2. The maximum atomic E-state index is 15.5. The Kier molecular flexibility index (Phi) is 14.8. The minimum atomic E-state index is -2.68. The standard InChI is InChI=1S/C35H56F2O6Si/c1-6-7-22-35(36,37)32(44(3,4)5)21-20-29-28(30(38)24-31(29)43-34-15-12-23-41-34)13-10-8-9-11-14-33(39)42-25-26-16-18-27(40-2)19-17-26/h16-19,28-29,31-32,34H,6-15,20-25H2,1-5H3/t28-,29-,31-,32?,34?/m1/s1. The fourth-order valence-electron chi connectivity index (χ4n) is 6.93. The number of Topliss-reactive ketones (excluding diaryl/α,β-unsaturated/α-hetero) is 1. The van der Waals surface area contributed by atoms with Gasteiger partial charge in [-0.3, -0.25) is 9.59 Å². The van der Waals surface area contributed by atoms with Gasteiger partial charge in [-0.2, -0.15) is 0 Å². The number of carbonyl (C=O) groups excluding carboxylic acids is 2. The first-order valence-electron chi connectivity index (χ1n) is 16.9. The Morgan fingerprint density at radius 3 is 2.43 bits per heavy atom. The second-order valence-corrected chi connectivity index (χ2v) is 19.3. The van der Waals surface area contributed by atoms with Gasteiger partial charge in [0, 0.05) is 43.7 Å². The third-order valence-electron chi connectivity index (χ3n) is 9.44. The van der Waals surface area contributed by atoms with Gasteiger partial charge in [0.2, 0.25) is 5.92 Å². The SMILES string of the molecule is CCCCC(F)(F)C(CC[C@H]1[C@H](OC2CCCO2)CC(=O)[C@@H]1CCCCCCC(=O)OCc1ccc(OC)cc1)[Si](C)(C)C. The molecule has 1 saturated carbocycles. The van der Waals surface area contributed by atoms with E-state index in [1.54, 1.807) is 7.11 Å². The van der Waals surface area contributed by atoms with Gasteiger partial charge in [0.25, 0.3) is 0 Å². The molecule has 2 fully saturated rings. The Morgan fingerprint density at radius 1 is 1.07 bits per heavy atom. The number of unbranched alkanes of at least 4 members (excludes halogenated alkanes) is 4. The fourth-order valence-corrected chi connectivity index (χ4v) is 9.37. The first kappa shape index (κ1) is 36.6. The highest BCUT2D eigenvalue weighted by molar-refractivity contribution is 6.77. The van der Waals surface area contributed by atoms with Crippen LogP contribution in [0.25, 0.3) is 0 Å². The number of ether oxygens (including phenoxy) is 4. The van der Waals surface area contributed by atoms with E-state index in [1.807, 2.05) is 50.8 Å². The van der Waals surface area contributed by atoms with Crippen LogP contribution in [0, 0.1) is 11.8 Å². The maximum Gasteiger partial charge on any atom is 0.306 e. The minimum absolute atomic E-state index is 0.0551. The van der Waals surface area contributed by atoms with Gasteiger partial charge >= 0.3 is 5.97 Å². The maximum absolute atomic E-state index is 15.5. The number of carbonyl (C=O) groups is 2. The number of hydrogen-bond acceptors (Lipinski definition) is 6. The minimum Gasteiger partial charge on any atom is -0.497 e. The van der Waals surface area contributed by atoms with Crippen LogP contribution in [0.4, 0.5) is 8.78 Å². The molecule has 6 nitrogen and oxygen atoms in total. The number of esters is 1. The van der Waals surface area contributed by atoms with E-state index in [0.29, 0.717) is 38.7 Å². The third kappa shape index (κ3) is 11.5. The quantitative estimate of drug-likeness (QED) is 0.0806. The predicted molar refractivity (Wildman–Crippen MR) is 172 cm³/mol. The molecule has 1 aliphatic carbocycles. The highest BCUT2D eigenvalue weighted by Gasteiger charge is 2.49. The van der Waals surface area contributed by atoms with E-state index in [2.05, 4.69) is 0 Å². The molecule has 1 aliphatic heterocycles. The molecular formula is C35H56F2O6Si. The number of halogens is 2. The molecular weight excluding hydrogens is 582 g/mol. The van der Waals surface area contributed by atoms with Crippen molar-refractivity contribution in [3.8, 4) is 5.75 Å². The predicted octanol–water partition coefficient (Wildman–Crippen LogP) is 9.12. The first-order valence-corrected chi connectivity index (χ1v) is 20.5. The van der Waals surface area contributed by atoms with Crippen LogP contribution in [0.2, 0.25) is 25.2 Å². The average Bonchev–Trinajstić information content (AvgIpc) is 3.59. The average molecular weight is 639 g/mol.